The molecule has 8 nitrogen and oxygen atoms in total. The molecule has 0 aliphatic carbocycles. The van der Waals surface area contributed by atoms with Crippen LogP contribution in [-0.2, 0) is 6.54 Å². The number of nitrogens with zero attached hydrogens (tertiary/aromatic N) is 6. The van der Waals surface area contributed by atoms with Crippen molar-refractivity contribution in [2.45, 2.75) is 6.54 Å². The average molecular weight is 352 g/mol. The molecule has 0 fully saturated rings. The summed E-state index contributed by atoms with van der Waals surface area (Å²) in [4.78, 5) is 16.7. The molecule has 0 unspecified atom stereocenters. The highest BCUT2D eigenvalue weighted by Crippen LogP contribution is 2.26. The minimum atomic E-state index is -0.329. The predicted octanol–water partition coefficient (Wildman–Crippen LogP) is 2.59. The third-order valence-electron chi connectivity index (χ3n) is 3.67. The molecular formula is C17H13FN6O2. The van der Waals surface area contributed by atoms with Crippen molar-refractivity contribution in [3.05, 3.63) is 60.6 Å². The number of benzene rings is 1. The minimum Gasteiger partial charge on any atom is -0.479 e. The van der Waals surface area contributed by atoms with Crippen LogP contribution in [0.4, 0.5) is 4.39 Å². The summed E-state index contributed by atoms with van der Waals surface area (Å²) in [6, 6.07) is 6.47. The summed E-state index contributed by atoms with van der Waals surface area (Å²) in [6.45, 7) is 0.165. The van der Waals surface area contributed by atoms with Gasteiger partial charge in [-0.05, 0) is 6.07 Å². The zero-order chi connectivity index (χ0) is 17.9. The fourth-order valence-electron chi connectivity index (χ4n) is 2.48. The number of ether oxygens (including phenoxy) is 1. The second-order valence-corrected chi connectivity index (χ2v) is 5.29. The third-order valence-corrected chi connectivity index (χ3v) is 3.67. The first-order chi connectivity index (χ1) is 12.8. The van der Waals surface area contributed by atoms with Gasteiger partial charge in [-0.25, -0.2) is 29.0 Å². The Morgan fingerprint density at radius 1 is 1.19 bits per heavy atom. The van der Waals surface area contributed by atoms with E-state index in [0.29, 0.717) is 28.7 Å². The second-order valence-electron chi connectivity index (χ2n) is 5.29. The molecule has 26 heavy (non-hydrogen) atoms. The number of oxazole rings is 1. The molecule has 4 rings (SSSR count). The van der Waals surface area contributed by atoms with Crippen LogP contribution in [0.25, 0.3) is 23.1 Å². The molecule has 4 aromatic rings. The highest BCUT2D eigenvalue weighted by atomic mass is 19.1. The SMILES string of the molecule is COc1nccnc1-c1nc(-c2cnco2)n(Cc2ccccc2F)n1. The minimum absolute atomic E-state index is 0.165. The van der Waals surface area contributed by atoms with Gasteiger partial charge in [0.2, 0.25) is 11.7 Å². The maximum atomic E-state index is 14.1. The van der Waals surface area contributed by atoms with Crippen molar-refractivity contribution in [1.82, 2.24) is 29.7 Å². The number of hydrogen-bond acceptors (Lipinski definition) is 7. The molecule has 0 saturated heterocycles. The molecule has 0 N–H and O–H groups in total. The quantitative estimate of drug-likeness (QED) is 0.545. The van der Waals surface area contributed by atoms with Crippen molar-refractivity contribution in [2.24, 2.45) is 0 Å². The van der Waals surface area contributed by atoms with Gasteiger partial charge in [0.1, 0.15) is 5.82 Å². The van der Waals surface area contributed by atoms with Crippen molar-refractivity contribution >= 4 is 0 Å². The molecule has 9 heteroatoms. The van der Waals surface area contributed by atoms with Crippen molar-refractivity contribution in [1.29, 1.82) is 0 Å². The van der Waals surface area contributed by atoms with Gasteiger partial charge in [0.05, 0.1) is 19.9 Å². The number of halogens is 1. The van der Waals surface area contributed by atoms with Crippen molar-refractivity contribution in [3.63, 3.8) is 0 Å². The molecule has 3 heterocycles. The van der Waals surface area contributed by atoms with Gasteiger partial charge in [0.25, 0.3) is 0 Å². The van der Waals surface area contributed by atoms with E-state index >= 15 is 0 Å². The van der Waals surface area contributed by atoms with Crippen molar-refractivity contribution < 1.29 is 13.5 Å². The Kier molecular flexibility index (Phi) is 4.10. The first-order valence-corrected chi connectivity index (χ1v) is 7.68. The lowest BCUT2D eigenvalue weighted by Gasteiger charge is -2.05. The van der Waals surface area contributed by atoms with E-state index in [2.05, 4.69) is 25.0 Å². The van der Waals surface area contributed by atoms with E-state index < -0.39 is 0 Å². The van der Waals surface area contributed by atoms with E-state index in [4.69, 9.17) is 9.15 Å². The molecule has 0 bridgehead atoms. The van der Waals surface area contributed by atoms with E-state index in [1.165, 1.54) is 42.8 Å². The number of aromatic nitrogens is 6. The van der Waals surface area contributed by atoms with Crippen LogP contribution in [0.3, 0.4) is 0 Å². The summed E-state index contributed by atoms with van der Waals surface area (Å²) in [5.74, 6) is 1.05. The fourth-order valence-corrected chi connectivity index (χ4v) is 2.48. The largest absolute Gasteiger partial charge is 0.479 e. The average Bonchev–Trinajstić information content (AvgIpc) is 3.33. The number of hydrogen-bond donors (Lipinski definition) is 0. The molecular weight excluding hydrogens is 339 g/mol. The van der Waals surface area contributed by atoms with Gasteiger partial charge in [-0.1, -0.05) is 18.2 Å². The first-order valence-electron chi connectivity index (χ1n) is 7.68. The molecule has 0 radical (unpaired) electrons. The van der Waals surface area contributed by atoms with Gasteiger partial charge in [-0.15, -0.1) is 5.10 Å². The summed E-state index contributed by atoms with van der Waals surface area (Å²) < 4.78 is 26.1. The lowest BCUT2D eigenvalue weighted by atomic mass is 10.2. The van der Waals surface area contributed by atoms with Gasteiger partial charge < -0.3 is 9.15 Å². The fraction of sp³-hybridized carbons (Fsp3) is 0.118. The van der Waals surface area contributed by atoms with E-state index in [1.54, 1.807) is 18.2 Å². The summed E-state index contributed by atoms with van der Waals surface area (Å²) in [7, 11) is 1.49. The number of rotatable bonds is 5. The molecule has 0 saturated carbocycles. The van der Waals surface area contributed by atoms with Crippen molar-refractivity contribution in [2.75, 3.05) is 7.11 Å². The van der Waals surface area contributed by atoms with Crippen molar-refractivity contribution in [3.8, 4) is 29.0 Å². The van der Waals surface area contributed by atoms with Crippen LogP contribution >= 0.6 is 0 Å². The summed E-state index contributed by atoms with van der Waals surface area (Å²) >= 11 is 0. The second kappa shape index (κ2) is 6.71. The molecule has 3 aromatic heterocycles. The Bertz CT molecular complexity index is 1030. The van der Waals surface area contributed by atoms with Crippen LogP contribution in [0.2, 0.25) is 0 Å². The lowest BCUT2D eigenvalue weighted by Crippen LogP contribution is -2.06. The highest BCUT2D eigenvalue weighted by Gasteiger charge is 2.20. The van der Waals surface area contributed by atoms with Gasteiger partial charge in [-0.3, -0.25) is 0 Å². The van der Waals surface area contributed by atoms with Crippen LogP contribution in [0, 0.1) is 5.82 Å². The Balaban J connectivity index is 1.82. The summed E-state index contributed by atoms with van der Waals surface area (Å²) in [5.41, 5.74) is 0.846. The smallest absolute Gasteiger partial charge is 0.243 e. The maximum absolute atomic E-state index is 14.1. The van der Waals surface area contributed by atoms with Gasteiger partial charge >= 0.3 is 0 Å². The Morgan fingerprint density at radius 2 is 2.04 bits per heavy atom. The monoisotopic (exact) mass is 352 g/mol. The predicted molar refractivity (Wildman–Crippen MR) is 88.6 cm³/mol. The standard InChI is InChI=1S/C17H13FN6O2/c1-25-17-14(20-6-7-21-17)15-22-16(13-8-19-10-26-13)24(23-15)9-11-4-2-3-5-12(11)18/h2-8,10H,9H2,1H3. The molecule has 130 valence electrons. The van der Waals surface area contributed by atoms with E-state index in [1.807, 2.05) is 0 Å². The zero-order valence-corrected chi connectivity index (χ0v) is 13.7. The van der Waals surface area contributed by atoms with E-state index in [-0.39, 0.29) is 18.2 Å². The van der Waals surface area contributed by atoms with Gasteiger partial charge in [0, 0.05) is 18.0 Å². The van der Waals surface area contributed by atoms with Crippen LogP contribution in [-0.4, -0.2) is 36.8 Å². The molecule has 0 aliphatic rings. The molecule has 0 atom stereocenters. The molecule has 1 aromatic carbocycles. The lowest BCUT2D eigenvalue weighted by molar-refractivity contribution is 0.397. The maximum Gasteiger partial charge on any atom is 0.243 e. The van der Waals surface area contributed by atoms with Crippen LogP contribution in [0.5, 0.6) is 5.88 Å². The summed E-state index contributed by atoms with van der Waals surface area (Å²) in [5, 5.41) is 4.45. The highest BCUT2D eigenvalue weighted by molar-refractivity contribution is 5.59. The molecule has 0 aliphatic heterocycles. The normalized spacial score (nSPS) is 10.8. The first kappa shape index (κ1) is 15.9. The summed E-state index contributed by atoms with van der Waals surface area (Å²) in [6.07, 6.45) is 5.83. The van der Waals surface area contributed by atoms with Gasteiger partial charge in [0.15, 0.2) is 23.7 Å². The topological polar surface area (TPSA) is 91.8 Å². The number of methoxy groups -OCH3 is 1. The Morgan fingerprint density at radius 3 is 2.81 bits per heavy atom. The zero-order valence-electron chi connectivity index (χ0n) is 13.7. The van der Waals surface area contributed by atoms with Crippen LogP contribution in [0.1, 0.15) is 5.56 Å². The van der Waals surface area contributed by atoms with E-state index in [0.717, 1.165) is 0 Å². The van der Waals surface area contributed by atoms with Crippen LogP contribution in [0.15, 0.2) is 53.7 Å². The molecule has 0 amide bonds. The van der Waals surface area contributed by atoms with Gasteiger partial charge in [-0.2, -0.15) is 0 Å². The third kappa shape index (κ3) is 2.90. The Hall–Kier alpha value is -3.62. The van der Waals surface area contributed by atoms with Crippen LogP contribution < -0.4 is 4.74 Å². The van der Waals surface area contributed by atoms with E-state index in [9.17, 15) is 4.39 Å². The Labute approximate surface area is 147 Å². The molecule has 0 spiro atoms.